The van der Waals surface area contributed by atoms with Crippen molar-refractivity contribution in [3.05, 3.63) is 97.0 Å². The molecule has 136 valence electrons. The Morgan fingerprint density at radius 1 is 0.926 bits per heavy atom. The number of Topliss-reactive ketones (excluding diaryl/α,β-unsaturated/α-hetero) is 1. The van der Waals surface area contributed by atoms with Gasteiger partial charge in [0.15, 0.2) is 5.78 Å². The van der Waals surface area contributed by atoms with E-state index < -0.39 is 0 Å². The van der Waals surface area contributed by atoms with Crippen molar-refractivity contribution >= 4 is 11.4 Å². The second-order valence-electron chi connectivity index (χ2n) is 7.76. The number of allylic oxidation sites excluding steroid dienone is 2. The SMILES string of the molecule is CC(=O)c1ccccc1C1=c2cc(C)c(C)cc2=[O+]C2C=C(C)C(C)=CC12. The molecule has 1 aliphatic carbocycles. The Balaban J connectivity index is 2.14. The Kier molecular flexibility index (Phi) is 4.22. The van der Waals surface area contributed by atoms with Crippen LogP contribution < -0.4 is 10.6 Å². The molecule has 0 radical (unpaired) electrons. The fraction of sp³-hybridized carbons (Fsp3) is 0.280. The van der Waals surface area contributed by atoms with Crippen LogP contribution in [0.4, 0.5) is 0 Å². The Morgan fingerprint density at radius 3 is 2.33 bits per heavy atom. The standard InChI is InChI=1S/C25H25O2/c1-14-10-21-23(12-16(14)3)27-24-13-17(4)15(2)11-22(24)25(21)20-9-7-6-8-19(20)18(5)26/h6-13,21,23H,1-5H3/q+1. The summed E-state index contributed by atoms with van der Waals surface area (Å²) in [5.41, 5.74) is 8.86. The third kappa shape index (κ3) is 2.90. The van der Waals surface area contributed by atoms with E-state index >= 15 is 0 Å². The fourth-order valence-electron chi connectivity index (χ4n) is 4.11. The lowest BCUT2D eigenvalue weighted by Crippen LogP contribution is -2.40. The van der Waals surface area contributed by atoms with Crippen LogP contribution in [0.2, 0.25) is 0 Å². The van der Waals surface area contributed by atoms with E-state index in [1.807, 2.05) is 18.2 Å². The number of rotatable bonds is 2. The highest BCUT2D eigenvalue weighted by Gasteiger charge is 2.38. The van der Waals surface area contributed by atoms with Gasteiger partial charge in [0.2, 0.25) is 0 Å². The number of benzene rings is 2. The molecule has 0 amide bonds. The van der Waals surface area contributed by atoms with E-state index in [1.165, 1.54) is 27.8 Å². The van der Waals surface area contributed by atoms with Gasteiger partial charge in [-0.3, -0.25) is 4.79 Å². The number of ketones is 1. The summed E-state index contributed by atoms with van der Waals surface area (Å²) in [6.07, 6.45) is 4.47. The summed E-state index contributed by atoms with van der Waals surface area (Å²) in [5, 5.41) is 1.10. The Hall–Kier alpha value is -2.74. The first-order valence-corrected chi connectivity index (χ1v) is 9.49. The van der Waals surface area contributed by atoms with Crippen molar-refractivity contribution in [1.29, 1.82) is 0 Å². The predicted octanol–water partition coefficient (Wildman–Crippen LogP) is 4.22. The third-order valence-electron chi connectivity index (χ3n) is 5.90. The van der Waals surface area contributed by atoms with Crippen LogP contribution in [0.1, 0.15) is 47.8 Å². The maximum atomic E-state index is 12.3. The molecule has 0 bridgehead atoms. The zero-order chi connectivity index (χ0) is 19.3. The van der Waals surface area contributed by atoms with Gasteiger partial charge in [-0.25, -0.2) is 4.42 Å². The van der Waals surface area contributed by atoms with Crippen LogP contribution in [0, 0.1) is 19.8 Å². The normalized spacial score (nSPS) is 20.9. The van der Waals surface area contributed by atoms with Crippen LogP contribution in [0.25, 0.3) is 5.57 Å². The molecule has 27 heavy (non-hydrogen) atoms. The maximum Gasteiger partial charge on any atom is 0.352 e. The van der Waals surface area contributed by atoms with E-state index in [0.29, 0.717) is 0 Å². The molecule has 0 saturated carbocycles. The van der Waals surface area contributed by atoms with Crippen LogP contribution in [0.3, 0.4) is 0 Å². The monoisotopic (exact) mass is 357 g/mol. The van der Waals surface area contributed by atoms with Gasteiger partial charge in [0.1, 0.15) is 0 Å². The number of hydrogen-bond acceptors (Lipinski definition) is 1. The quantitative estimate of drug-likeness (QED) is 0.584. The van der Waals surface area contributed by atoms with E-state index in [2.05, 4.69) is 58.0 Å². The third-order valence-corrected chi connectivity index (χ3v) is 5.90. The second-order valence-corrected chi connectivity index (χ2v) is 7.76. The molecule has 0 spiro atoms. The Morgan fingerprint density at radius 2 is 1.59 bits per heavy atom. The summed E-state index contributed by atoms with van der Waals surface area (Å²) in [7, 11) is 0. The molecule has 2 atom stereocenters. The summed E-state index contributed by atoms with van der Waals surface area (Å²) in [5.74, 6) is 0.193. The summed E-state index contributed by atoms with van der Waals surface area (Å²) in [6.45, 7) is 10.2. The van der Waals surface area contributed by atoms with Crippen LogP contribution in [-0.4, -0.2) is 11.9 Å². The van der Waals surface area contributed by atoms with Crippen molar-refractivity contribution in [2.24, 2.45) is 5.92 Å². The molecule has 2 nitrogen and oxygen atoms in total. The smallest absolute Gasteiger partial charge is 0.294 e. The van der Waals surface area contributed by atoms with Crippen LogP contribution >= 0.6 is 0 Å². The topological polar surface area (TPSA) is 28.4 Å². The molecule has 2 unspecified atom stereocenters. The molecule has 4 rings (SSSR count). The molecule has 2 aliphatic rings. The van der Waals surface area contributed by atoms with Gasteiger partial charge in [0.25, 0.3) is 0 Å². The molecule has 2 heteroatoms. The summed E-state index contributed by atoms with van der Waals surface area (Å²) in [6, 6.07) is 12.3. The van der Waals surface area contributed by atoms with Gasteiger partial charge < -0.3 is 0 Å². The first-order chi connectivity index (χ1) is 12.9. The number of carbonyl (C=O) groups is 1. The molecule has 0 N–H and O–H groups in total. The average molecular weight is 357 g/mol. The van der Waals surface area contributed by atoms with Gasteiger partial charge in [-0.05, 0) is 68.5 Å². The lowest BCUT2D eigenvalue weighted by atomic mass is 9.78. The van der Waals surface area contributed by atoms with Crippen LogP contribution in [0.5, 0.6) is 0 Å². The zero-order valence-corrected chi connectivity index (χ0v) is 16.6. The van der Waals surface area contributed by atoms with Gasteiger partial charge in [0.05, 0.1) is 11.1 Å². The van der Waals surface area contributed by atoms with E-state index in [9.17, 15) is 4.79 Å². The van der Waals surface area contributed by atoms with Crippen molar-refractivity contribution in [2.45, 2.75) is 40.7 Å². The van der Waals surface area contributed by atoms with E-state index in [-0.39, 0.29) is 17.8 Å². The minimum absolute atomic E-state index is 0.0432. The minimum atomic E-state index is -0.0432. The second kappa shape index (κ2) is 6.45. The number of carbonyl (C=O) groups excluding carboxylic acids is 1. The van der Waals surface area contributed by atoms with Gasteiger partial charge >= 0.3 is 11.5 Å². The number of hydrogen-bond donors (Lipinski definition) is 0. The van der Waals surface area contributed by atoms with Crippen molar-refractivity contribution < 1.29 is 4.79 Å². The zero-order valence-electron chi connectivity index (χ0n) is 16.6. The Bertz CT molecular complexity index is 1150. The molecule has 0 aromatic heterocycles. The van der Waals surface area contributed by atoms with Crippen molar-refractivity contribution in [3.63, 3.8) is 0 Å². The van der Waals surface area contributed by atoms with Crippen molar-refractivity contribution in [1.82, 2.24) is 0 Å². The molecular weight excluding hydrogens is 332 g/mol. The lowest BCUT2D eigenvalue weighted by molar-refractivity contribution is 0.101. The highest BCUT2D eigenvalue weighted by Crippen LogP contribution is 2.35. The van der Waals surface area contributed by atoms with Crippen LogP contribution in [0.15, 0.2) is 64.1 Å². The lowest BCUT2D eigenvalue weighted by Gasteiger charge is -2.25. The minimum Gasteiger partial charge on any atom is -0.294 e. The highest BCUT2D eigenvalue weighted by atomic mass is 16.4. The summed E-state index contributed by atoms with van der Waals surface area (Å²) in [4.78, 5) is 12.3. The number of fused-ring (bicyclic) bond motifs is 2. The largest absolute Gasteiger partial charge is 0.352 e. The summed E-state index contributed by atoms with van der Waals surface area (Å²) >= 11 is 0. The van der Waals surface area contributed by atoms with Gasteiger partial charge in [-0.2, -0.15) is 0 Å². The highest BCUT2D eigenvalue weighted by molar-refractivity contribution is 5.99. The molecule has 1 aliphatic heterocycles. The van der Waals surface area contributed by atoms with E-state index in [1.54, 1.807) is 6.92 Å². The molecule has 0 saturated heterocycles. The average Bonchev–Trinajstić information content (AvgIpc) is 2.63. The van der Waals surface area contributed by atoms with Gasteiger partial charge in [0, 0.05) is 17.7 Å². The van der Waals surface area contributed by atoms with Gasteiger partial charge in [-0.1, -0.05) is 35.9 Å². The fourth-order valence-corrected chi connectivity index (χ4v) is 4.11. The van der Waals surface area contributed by atoms with E-state index in [4.69, 9.17) is 4.42 Å². The maximum absolute atomic E-state index is 12.3. The predicted molar refractivity (Wildman–Crippen MR) is 111 cm³/mol. The van der Waals surface area contributed by atoms with Crippen molar-refractivity contribution in [2.75, 3.05) is 0 Å². The first kappa shape index (κ1) is 17.7. The number of aryl methyl sites for hydroxylation is 2. The van der Waals surface area contributed by atoms with Gasteiger partial charge in [-0.15, -0.1) is 0 Å². The Labute approximate surface area is 160 Å². The molecule has 2 aromatic carbocycles. The molecule has 1 heterocycles. The van der Waals surface area contributed by atoms with E-state index in [0.717, 1.165) is 21.8 Å². The summed E-state index contributed by atoms with van der Waals surface area (Å²) < 4.78 is 6.42. The van der Waals surface area contributed by atoms with Crippen molar-refractivity contribution in [3.8, 4) is 0 Å². The molecule has 2 aromatic rings. The van der Waals surface area contributed by atoms with Crippen LogP contribution in [-0.2, 0) is 0 Å². The molecular formula is C25H25O2+. The molecule has 0 fully saturated rings. The first-order valence-electron chi connectivity index (χ1n) is 9.49.